The van der Waals surface area contributed by atoms with Crippen molar-refractivity contribution >= 4 is 5.96 Å². The van der Waals surface area contributed by atoms with Crippen LogP contribution in [0.5, 0.6) is 0 Å². The number of ether oxygens (including phenoxy) is 1. The minimum atomic E-state index is -0.137. The van der Waals surface area contributed by atoms with Crippen LogP contribution in [0.4, 0.5) is 0 Å². The number of nitrogens with one attached hydrogen (secondary N) is 1. The Balaban J connectivity index is 1.83. The first-order chi connectivity index (χ1) is 9.79. The van der Waals surface area contributed by atoms with Crippen LogP contribution in [0.15, 0.2) is 16.6 Å². The van der Waals surface area contributed by atoms with E-state index in [9.17, 15) is 5.11 Å². The van der Waals surface area contributed by atoms with Crippen LogP contribution in [0.25, 0.3) is 0 Å². The van der Waals surface area contributed by atoms with Gasteiger partial charge < -0.3 is 20.1 Å². The third-order valence-corrected chi connectivity index (χ3v) is 3.85. The fourth-order valence-corrected chi connectivity index (χ4v) is 2.60. The van der Waals surface area contributed by atoms with Crippen LogP contribution in [-0.2, 0) is 4.74 Å². The molecule has 2 rings (SSSR count). The summed E-state index contributed by atoms with van der Waals surface area (Å²) in [7, 11) is 0. The molecule has 0 unspecified atom stereocenters. The summed E-state index contributed by atoms with van der Waals surface area (Å²) in [6.07, 6.45) is 5.79. The average molecular weight is 281 g/mol. The van der Waals surface area contributed by atoms with Gasteiger partial charge in [0.25, 0.3) is 0 Å². The highest BCUT2D eigenvalue weighted by atomic mass is 16.5. The lowest BCUT2D eigenvalue weighted by molar-refractivity contribution is 0.108. The molecule has 0 aromatic rings. The van der Waals surface area contributed by atoms with E-state index in [0.29, 0.717) is 0 Å². The molecule has 0 saturated carbocycles. The van der Waals surface area contributed by atoms with Crippen molar-refractivity contribution in [3.8, 4) is 0 Å². The molecule has 2 N–H and O–H groups in total. The molecule has 114 valence electrons. The number of hydrogen-bond donors (Lipinski definition) is 2. The molecule has 20 heavy (non-hydrogen) atoms. The van der Waals surface area contributed by atoms with Gasteiger partial charge in [-0.2, -0.15) is 0 Å². The van der Waals surface area contributed by atoms with Crippen LogP contribution in [0.2, 0.25) is 0 Å². The Labute approximate surface area is 121 Å². The summed E-state index contributed by atoms with van der Waals surface area (Å²) in [6.45, 7) is 7.19. The number of rotatable bonds is 4. The molecule has 2 aliphatic rings. The second kappa shape index (κ2) is 8.27. The summed E-state index contributed by atoms with van der Waals surface area (Å²) in [5, 5.41) is 12.9. The maximum absolute atomic E-state index is 9.58. The normalized spacial score (nSPS) is 21.8. The van der Waals surface area contributed by atoms with Gasteiger partial charge >= 0.3 is 0 Å². The zero-order valence-electron chi connectivity index (χ0n) is 12.5. The molecule has 0 aromatic carbocycles. The summed E-state index contributed by atoms with van der Waals surface area (Å²) in [6, 6.07) is 0. The minimum Gasteiger partial charge on any atom is -0.393 e. The van der Waals surface area contributed by atoms with Crippen molar-refractivity contribution in [1.29, 1.82) is 0 Å². The SMILES string of the molecule is CCNC(=NCCC1=CCOCC1)N1CCC(O)CC1. The Kier molecular flexibility index (Phi) is 6.33. The average Bonchev–Trinajstić information content (AvgIpc) is 2.48. The van der Waals surface area contributed by atoms with Crippen LogP contribution >= 0.6 is 0 Å². The first kappa shape index (κ1) is 15.3. The van der Waals surface area contributed by atoms with Crippen molar-refractivity contribution < 1.29 is 9.84 Å². The van der Waals surface area contributed by atoms with E-state index in [2.05, 4.69) is 23.2 Å². The zero-order chi connectivity index (χ0) is 14.2. The number of likely N-dealkylation sites (tertiary alicyclic amines) is 1. The summed E-state index contributed by atoms with van der Waals surface area (Å²) < 4.78 is 5.31. The molecule has 2 heterocycles. The molecule has 5 nitrogen and oxygen atoms in total. The third-order valence-electron chi connectivity index (χ3n) is 3.85. The molecule has 0 spiro atoms. The maximum atomic E-state index is 9.58. The monoisotopic (exact) mass is 281 g/mol. The van der Waals surface area contributed by atoms with Crippen molar-refractivity contribution in [3.05, 3.63) is 11.6 Å². The van der Waals surface area contributed by atoms with Crippen LogP contribution in [-0.4, -0.2) is 61.5 Å². The lowest BCUT2D eigenvalue weighted by Gasteiger charge is -2.32. The standard InChI is InChI=1S/C15H27N3O2/c1-2-16-15(18-9-4-14(19)5-10-18)17-8-3-13-6-11-20-12-7-13/h6,14,19H,2-5,7-12H2,1H3,(H,16,17). The van der Waals surface area contributed by atoms with Crippen LogP contribution in [0.1, 0.15) is 32.6 Å². The lowest BCUT2D eigenvalue weighted by atomic mass is 10.1. The van der Waals surface area contributed by atoms with E-state index >= 15 is 0 Å². The van der Waals surface area contributed by atoms with Crippen LogP contribution in [0.3, 0.4) is 0 Å². The Morgan fingerprint density at radius 3 is 2.95 bits per heavy atom. The fraction of sp³-hybridized carbons (Fsp3) is 0.800. The lowest BCUT2D eigenvalue weighted by Crippen LogP contribution is -2.46. The van der Waals surface area contributed by atoms with Crippen molar-refractivity contribution in [3.63, 3.8) is 0 Å². The van der Waals surface area contributed by atoms with E-state index in [1.54, 1.807) is 0 Å². The van der Waals surface area contributed by atoms with Gasteiger partial charge in [-0.05, 0) is 32.6 Å². The molecular weight excluding hydrogens is 254 g/mol. The van der Waals surface area contributed by atoms with E-state index in [0.717, 1.165) is 71.0 Å². The molecule has 0 atom stereocenters. The van der Waals surface area contributed by atoms with Gasteiger partial charge in [0, 0.05) is 26.2 Å². The number of nitrogens with zero attached hydrogens (tertiary/aromatic N) is 2. The van der Waals surface area contributed by atoms with Gasteiger partial charge in [0.1, 0.15) is 0 Å². The van der Waals surface area contributed by atoms with Gasteiger partial charge in [0.15, 0.2) is 5.96 Å². The van der Waals surface area contributed by atoms with E-state index in [4.69, 9.17) is 9.73 Å². The minimum absolute atomic E-state index is 0.137. The highest BCUT2D eigenvalue weighted by Crippen LogP contribution is 2.13. The highest BCUT2D eigenvalue weighted by molar-refractivity contribution is 5.80. The van der Waals surface area contributed by atoms with Gasteiger partial charge in [-0.1, -0.05) is 11.6 Å². The van der Waals surface area contributed by atoms with E-state index in [1.807, 2.05) is 0 Å². The summed E-state index contributed by atoms with van der Waals surface area (Å²) in [4.78, 5) is 6.98. The Morgan fingerprint density at radius 1 is 1.50 bits per heavy atom. The smallest absolute Gasteiger partial charge is 0.193 e. The number of piperidine rings is 1. The molecule has 0 radical (unpaired) electrons. The first-order valence-electron chi connectivity index (χ1n) is 7.76. The fourth-order valence-electron chi connectivity index (χ4n) is 2.60. The zero-order valence-corrected chi connectivity index (χ0v) is 12.5. The van der Waals surface area contributed by atoms with E-state index in [-0.39, 0.29) is 6.10 Å². The summed E-state index contributed by atoms with van der Waals surface area (Å²) in [5.41, 5.74) is 1.46. The molecule has 0 aliphatic carbocycles. The van der Waals surface area contributed by atoms with Gasteiger partial charge in [-0.3, -0.25) is 4.99 Å². The number of aliphatic hydroxyl groups excluding tert-OH is 1. The molecule has 1 saturated heterocycles. The number of aliphatic imine (C=N–C) groups is 1. The summed E-state index contributed by atoms with van der Waals surface area (Å²) >= 11 is 0. The van der Waals surface area contributed by atoms with Crippen molar-refractivity contribution in [2.75, 3.05) is 39.4 Å². The summed E-state index contributed by atoms with van der Waals surface area (Å²) in [5.74, 6) is 0.993. The molecule has 1 fully saturated rings. The van der Waals surface area contributed by atoms with Crippen molar-refractivity contribution in [1.82, 2.24) is 10.2 Å². The van der Waals surface area contributed by atoms with Crippen molar-refractivity contribution in [2.24, 2.45) is 4.99 Å². The van der Waals surface area contributed by atoms with Crippen molar-refractivity contribution in [2.45, 2.75) is 38.7 Å². The topological polar surface area (TPSA) is 57.1 Å². The quantitative estimate of drug-likeness (QED) is 0.461. The Hall–Kier alpha value is -1.07. The van der Waals surface area contributed by atoms with Gasteiger partial charge in [-0.15, -0.1) is 0 Å². The van der Waals surface area contributed by atoms with E-state index < -0.39 is 0 Å². The maximum Gasteiger partial charge on any atom is 0.193 e. The van der Waals surface area contributed by atoms with Gasteiger partial charge in [-0.25, -0.2) is 0 Å². The molecule has 0 amide bonds. The van der Waals surface area contributed by atoms with Crippen LogP contribution in [0, 0.1) is 0 Å². The third kappa shape index (κ3) is 4.80. The molecular formula is C15H27N3O2. The van der Waals surface area contributed by atoms with Gasteiger partial charge in [0.05, 0.1) is 19.3 Å². The predicted octanol–water partition coefficient (Wildman–Crippen LogP) is 1.15. The van der Waals surface area contributed by atoms with E-state index in [1.165, 1.54) is 5.57 Å². The highest BCUT2D eigenvalue weighted by Gasteiger charge is 2.19. The van der Waals surface area contributed by atoms with Gasteiger partial charge in [0.2, 0.25) is 0 Å². The Bertz CT molecular complexity index is 347. The Morgan fingerprint density at radius 2 is 2.30 bits per heavy atom. The molecule has 0 bridgehead atoms. The largest absolute Gasteiger partial charge is 0.393 e. The number of hydrogen-bond acceptors (Lipinski definition) is 3. The second-order valence-corrected chi connectivity index (χ2v) is 5.39. The molecule has 2 aliphatic heterocycles. The predicted molar refractivity (Wildman–Crippen MR) is 80.9 cm³/mol. The van der Waals surface area contributed by atoms with Crippen LogP contribution < -0.4 is 5.32 Å². The first-order valence-corrected chi connectivity index (χ1v) is 7.76. The second-order valence-electron chi connectivity index (χ2n) is 5.39. The number of aliphatic hydroxyl groups is 1. The number of guanidine groups is 1. The molecule has 0 aromatic heterocycles. The molecule has 5 heteroatoms.